The van der Waals surface area contributed by atoms with Gasteiger partial charge in [-0.25, -0.2) is 4.98 Å². The van der Waals surface area contributed by atoms with Crippen LogP contribution in [0.5, 0.6) is 0 Å². The van der Waals surface area contributed by atoms with Crippen LogP contribution in [-0.4, -0.2) is 9.55 Å². The molecule has 1 aromatic heterocycles. The number of nitrogens with zero attached hydrogens (tertiary/aromatic N) is 2. The fourth-order valence-electron chi connectivity index (χ4n) is 1.28. The molecule has 3 heteroatoms. The van der Waals surface area contributed by atoms with Crippen molar-refractivity contribution in [2.24, 2.45) is 17.1 Å². The highest BCUT2D eigenvalue weighted by Gasteiger charge is 2.23. The van der Waals surface area contributed by atoms with E-state index >= 15 is 0 Å². The van der Waals surface area contributed by atoms with E-state index in [2.05, 4.69) is 37.2 Å². The third-order valence-electron chi connectivity index (χ3n) is 3.15. The lowest BCUT2D eigenvalue weighted by molar-refractivity contribution is 0.208. The minimum Gasteiger partial charge on any atom is -0.333 e. The van der Waals surface area contributed by atoms with Crippen molar-refractivity contribution in [1.82, 2.24) is 9.55 Å². The van der Waals surface area contributed by atoms with Crippen LogP contribution in [0.1, 0.15) is 33.4 Å². The molecule has 1 rings (SSSR count). The molecule has 1 heterocycles. The van der Waals surface area contributed by atoms with E-state index in [9.17, 15) is 0 Å². The maximum absolute atomic E-state index is 5.63. The van der Waals surface area contributed by atoms with Crippen LogP contribution in [0, 0.1) is 11.3 Å². The molecule has 0 spiro atoms. The first kappa shape index (κ1) is 11.2. The van der Waals surface area contributed by atoms with Crippen LogP contribution in [-0.2, 0) is 13.1 Å². The Labute approximate surface area is 86.3 Å². The number of hydrogen-bond donors (Lipinski definition) is 1. The molecular weight excluding hydrogens is 174 g/mol. The fourth-order valence-corrected chi connectivity index (χ4v) is 1.28. The summed E-state index contributed by atoms with van der Waals surface area (Å²) in [6, 6.07) is 0. The summed E-state index contributed by atoms with van der Waals surface area (Å²) in [6.07, 6.45) is 3.71. The number of aromatic nitrogens is 2. The first-order valence-corrected chi connectivity index (χ1v) is 5.16. The molecule has 0 saturated heterocycles. The van der Waals surface area contributed by atoms with Gasteiger partial charge >= 0.3 is 0 Å². The lowest BCUT2D eigenvalue weighted by atomic mass is 9.81. The van der Waals surface area contributed by atoms with Crippen LogP contribution in [0.15, 0.2) is 12.5 Å². The zero-order valence-electron chi connectivity index (χ0n) is 9.62. The third kappa shape index (κ3) is 2.35. The van der Waals surface area contributed by atoms with Gasteiger partial charge in [0.25, 0.3) is 0 Å². The average Bonchev–Trinajstić information content (AvgIpc) is 2.50. The number of imidazole rings is 1. The molecule has 3 nitrogen and oxygen atoms in total. The molecule has 0 atom stereocenters. The summed E-state index contributed by atoms with van der Waals surface area (Å²) >= 11 is 0. The first-order valence-electron chi connectivity index (χ1n) is 5.16. The van der Waals surface area contributed by atoms with E-state index in [1.165, 1.54) is 0 Å². The maximum Gasteiger partial charge on any atom is 0.0948 e. The molecule has 0 radical (unpaired) electrons. The van der Waals surface area contributed by atoms with Gasteiger partial charge in [0.15, 0.2) is 0 Å². The van der Waals surface area contributed by atoms with Crippen molar-refractivity contribution in [3.05, 3.63) is 18.2 Å². The predicted octanol–water partition coefficient (Wildman–Crippen LogP) is 2.02. The highest BCUT2D eigenvalue weighted by molar-refractivity contribution is 4.98. The van der Waals surface area contributed by atoms with E-state index in [4.69, 9.17) is 5.73 Å². The van der Waals surface area contributed by atoms with Gasteiger partial charge in [-0.15, -0.1) is 0 Å². The molecule has 0 saturated carbocycles. The highest BCUT2D eigenvalue weighted by atomic mass is 15.1. The van der Waals surface area contributed by atoms with E-state index in [0.29, 0.717) is 12.5 Å². The maximum atomic E-state index is 5.63. The normalized spacial score (nSPS) is 12.4. The second-order valence-electron chi connectivity index (χ2n) is 4.86. The van der Waals surface area contributed by atoms with Crippen molar-refractivity contribution in [3.63, 3.8) is 0 Å². The Hall–Kier alpha value is -0.830. The van der Waals surface area contributed by atoms with E-state index < -0.39 is 0 Å². The first-order chi connectivity index (χ1) is 6.47. The Kier molecular flexibility index (Phi) is 3.32. The van der Waals surface area contributed by atoms with E-state index in [1.54, 1.807) is 0 Å². The molecule has 1 aromatic rings. The molecule has 2 N–H and O–H groups in total. The van der Waals surface area contributed by atoms with Crippen molar-refractivity contribution in [2.45, 2.75) is 40.8 Å². The minimum absolute atomic E-state index is 0.282. The van der Waals surface area contributed by atoms with Gasteiger partial charge in [0.1, 0.15) is 0 Å². The number of hydrogen-bond acceptors (Lipinski definition) is 2. The largest absolute Gasteiger partial charge is 0.333 e. The summed E-state index contributed by atoms with van der Waals surface area (Å²) in [5, 5.41) is 0. The predicted molar refractivity (Wildman–Crippen MR) is 58.7 cm³/mol. The zero-order chi connectivity index (χ0) is 10.8. The van der Waals surface area contributed by atoms with Crippen molar-refractivity contribution in [2.75, 3.05) is 0 Å². The van der Waals surface area contributed by atoms with Crippen molar-refractivity contribution >= 4 is 0 Å². The second-order valence-corrected chi connectivity index (χ2v) is 4.86. The molecule has 0 amide bonds. The third-order valence-corrected chi connectivity index (χ3v) is 3.15. The Bertz CT molecular complexity index is 286. The lowest BCUT2D eigenvalue weighted by Gasteiger charge is -2.30. The molecule has 0 aliphatic rings. The number of nitrogens with two attached hydrogens (primary N) is 1. The van der Waals surface area contributed by atoms with Gasteiger partial charge in [-0.05, 0) is 11.3 Å². The monoisotopic (exact) mass is 195 g/mol. The molecule has 0 aromatic carbocycles. The van der Waals surface area contributed by atoms with E-state index in [0.717, 1.165) is 12.2 Å². The van der Waals surface area contributed by atoms with Gasteiger partial charge in [0, 0.05) is 19.3 Å². The highest BCUT2D eigenvalue weighted by Crippen LogP contribution is 2.28. The summed E-state index contributed by atoms with van der Waals surface area (Å²) in [6.45, 7) is 10.6. The van der Waals surface area contributed by atoms with Crippen LogP contribution in [0.2, 0.25) is 0 Å². The zero-order valence-corrected chi connectivity index (χ0v) is 9.62. The fraction of sp³-hybridized carbons (Fsp3) is 0.727. The Morgan fingerprint density at radius 3 is 2.64 bits per heavy atom. The van der Waals surface area contributed by atoms with Crippen LogP contribution in [0.25, 0.3) is 0 Å². The van der Waals surface area contributed by atoms with E-state index in [-0.39, 0.29) is 5.41 Å². The standard InChI is InChI=1S/C11H21N3/c1-9(2)11(3,4)7-14-8-13-6-10(14)5-12/h6,8-9H,5,7,12H2,1-4H3. The van der Waals surface area contributed by atoms with Crippen LogP contribution in [0.4, 0.5) is 0 Å². The smallest absolute Gasteiger partial charge is 0.0948 e. The summed E-state index contributed by atoms with van der Waals surface area (Å²) < 4.78 is 2.15. The SMILES string of the molecule is CC(C)C(C)(C)Cn1cncc1CN. The molecule has 0 bridgehead atoms. The van der Waals surface area contributed by atoms with Crippen LogP contribution < -0.4 is 5.73 Å². The molecule has 14 heavy (non-hydrogen) atoms. The lowest BCUT2D eigenvalue weighted by Crippen LogP contribution is -2.26. The number of rotatable bonds is 4. The van der Waals surface area contributed by atoms with Gasteiger partial charge in [0.05, 0.1) is 12.0 Å². The molecule has 0 aliphatic carbocycles. The van der Waals surface area contributed by atoms with Gasteiger partial charge in [0.2, 0.25) is 0 Å². The molecule has 80 valence electrons. The Morgan fingerprint density at radius 1 is 1.50 bits per heavy atom. The molecule has 0 aliphatic heterocycles. The van der Waals surface area contributed by atoms with Crippen molar-refractivity contribution < 1.29 is 0 Å². The van der Waals surface area contributed by atoms with Crippen molar-refractivity contribution in [3.8, 4) is 0 Å². The molecule has 0 fully saturated rings. The topological polar surface area (TPSA) is 43.8 Å². The van der Waals surface area contributed by atoms with Gasteiger partial charge in [-0.1, -0.05) is 27.7 Å². The summed E-state index contributed by atoms with van der Waals surface area (Å²) in [7, 11) is 0. The average molecular weight is 195 g/mol. The van der Waals surface area contributed by atoms with Gasteiger partial charge in [-0.3, -0.25) is 0 Å². The van der Waals surface area contributed by atoms with Crippen molar-refractivity contribution in [1.29, 1.82) is 0 Å². The van der Waals surface area contributed by atoms with Gasteiger partial charge in [-0.2, -0.15) is 0 Å². The minimum atomic E-state index is 0.282. The summed E-state index contributed by atoms with van der Waals surface area (Å²) in [5.74, 6) is 0.649. The second kappa shape index (κ2) is 4.13. The Morgan fingerprint density at radius 2 is 2.14 bits per heavy atom. The quantitative estimate of drug-likeness (QED) is 0.798. The Balaban J connectivity index is 2.78. The summed E-state index contributed by atoms with van der Waals surface area (Å²) in [5.41, 5.74) is 7.02. The van der Waals surface area contributed by atoms with Crippen LogP contribution >= 0.6 is 0 Å². The van der Waals surface area contributed by atoms with E-state index in [1.807, 2.05) is 12.5 Å². The van der Waals surface area contributed by atoms with Crippen LogP contribution in [0.3, 0.4) is 0 Å². The molecular formula is C11H21N3. The summed E-state index contributed by atoms with van der Waals surface area (Å²) in [4.78, 5) is 4.12. The van der Waals surface area contributed by atoms with Gasteiger partial charge < -0.3 is 10.3 Å². The molecule has 0 unspecified atom stereocenters.